The Hall–Kier alpha value is -3.67. The van der Waals surface area contributed by atoms with Crippen molar-refractivity contribution >= 4 is 41.0 Å². The molecule has 0 radical (unpaired) electrons. The molecule has 2 heterocycles. The van der Waals surface area contributed by atoms with E-state index in [-0.39, 0.29) is 29.1 Å². The van der Waals surface area contributed by atoms with Gasteiger partial charge in [0.1, 0.15) is 18.5 Å². The number of hydrogen-bond donors (Lipinski definition) is 3. The summed E-state index contributed by atoms with van der Waals surface area (Å²) in [6.07, 6.45) is 3.09. The second-order valence-electron chi connectivity index (χ2n) is 11.0. The summed E-state index contributed by atoms with van der Waals surface area (Å²) < 4.78 is 5.85. The van der Waals surface area contributed by atoms with Crippen LogP contribution in [0.5, 0.6) is 5.75 Å². The van der Waals surface area contributed by atoms with Crippen molar-refractivity contribution in [3.8, 4) is 5.75 Å². The number of aromatic carboxylic acids is 2. The molecule has 5 N–H and O–H groups in total. The van der Waals surface area contributed by atoms with Crippen LogP contribution >= 0.6 is 23.2 Å². The topological polar surface area (TPSA) is 159 Å². The smallest absolute Gasteiger partial charge is 0.335 e. The zero-order valence-electron chi connectivity index (χ0n) is 24.7. The number of piperidine rings is 1. The standard InChI is InChI=1S/C25H30Cl2N2O3.C8H6O4.H2O/c26-23-7-6-20(14-24(23)27)19-8-11-28(12-9-19)16-21(30)17-32-22-4-1-3-18(13-22)15-29-10-2-5-25(29)31;9-7(10)5-1-2-6(4-3-5)8(11)12;/h1,3-4,6-7,13-14,19,21,30H,2,5,8-12,15-17H2;1-4H,(H,9,10)(H,11,12);1H2. The number of rotatable bonds is 10. The van der Waals surface area contributed by atoms with Gasteiger partial charge in [-0.2, -0.15) is 0 Å². The van der Waals surface area contributed by atoms with E-state index in [1.54, 1.807) is 0 Å². The Kier molecular flexibility index (Phi) is 13.6. The molecule has 0 bridgehead atoms. The second kappa shape index (κ2) is 17.1. The highest BCUT2D eigenvalue weighted by molar-refractivity contribution is 6.42. The van der Waals surface area contributed by atoms with E-state index < -0.39 is 18.0 Å². The third-order valence-electron chi connectivity index (χ3n) is 7.74. The monoisotopic (exact) mass is 660 g/mol. The number of likely N-dealkylation sites (tertiary alicyclic amines) is 2. The fourth-order valence-corrected chi connectivity index (χ4v) is 5.65. The van der Waals surface area contributed by atoms with Crippen LogP contribution in [-0.2, 0) is 11.3 Å². The van der Waals surface area contributed by atoms with Crippen LogP contribution in [0.1, 0.15) is 63.4 Å². The summed E-state index contributed by atoms with van der Waals surface area (Å²) in [7, 11) is 0. The van der Waals surface area contributed by atoms with Crippen LogP contribution in [0.2, 0.25) is 10.0 Å². The van der Waals surface area contributed by atoms with Gasteiger partial charge in [-0.25, -0.2) is 9.59 Å². The van der Waals surface area contributed by atoms with Gasteiger partial charge < -0.3 is 35.3 Å². The van der Waals surface area contributed by atoms with Gasteiger partial charge in [0, 0.05) is 26.1 Å². The number of amides is 1. The van der Waals surface area contributed by atoms with Crippen LogP contribution in [-0.4, -0.2) is 87.3 Å². The Balaban J connectivity index is 0.000000359. The fraction of sp³-hybridized carbons (Fsp3) is 0.364. The van der Waals surface area contributed by atoms with Gasteiger partial charge in [0.25, 0.3) is 0 Å². The minimum atomic E-state index is -1.06. The lowest BCUT2D eigenvalue weighted by Crippen LogP contribution is -2.40. The van der Waals surface area contributed by atoms with Crippen LogP contribution in [0.3, 0.4) is 0 Å². The minimum Gasteiger partial charge on any atom is -0.491 e. The Morgan fingerprint density at radius 2 is 1.53 bits per heavy atom. The first-order chi connectivity index (χ1) is 21.1. The van der Waals surface area contributed by atoms with Gasteiger partial charge in [-0.1, -0.05) is 41.4 Å². The number of carbonyl (C=O) groups excluding carboxylic acids is 1. The van der Waals surface area contributed by atoms with Crippen molar-refractivity contribution in [3.63, 3.8) is 0 Å². The maximum absolute atomic E-state index is 11.8. The maximum Gasteiger partial charge on any atom is 0.335 e. The van der Waals surface area contributed by atoms with Crippen LogP contribution < -0.4 is 4.74 Å². The molecule has 0 saturated carbocycles. The number of aliphatic hydroxyl groups is 1. The molecule has 1 amide bonds. The number of aliphatic hydroxyl groups excluding tert-OH is 1. The highest BCUT2D eigenvalue weighted by Gasteiger charge is 2.23. The molecule has 3 aromatic rings. The Labute approximate surface area is 272 Å². The molecule has 0 aromatic heterocycles. The molecule has 2 aliphatic heterocycles. The average Bonchev–Trinajstić information content (AvgIpc) is 3.42. The van der Waals surface area contributed by atoms with Crippen molar-refractivity contribution in [2.24, 2.45) is 0 Å². The van der Waals surface area contributed by atoms with E-state index in [9.17, 15) is 19.5 Å². The summed E-state index contributed by atoms with van der Waals surface area (Å²) in [5.41, 5.74) is 2.45. The number of hydrogen-bond acceptors (Lipinski definition) is 6. The van der Waals surface area contributed by atoms with Gasteiger partial charge in [0.05, 0.1) is 21.2 Å². The van der Waals surface area contributed by atoms with Crippen molar-refractivity contribution < 1.29 is 39.9 Å². The molecule has 0 aliphatic carbocycles. The zero-order chi connectivity index (χ0) is 31.6. The van der Waals surface area contributed by atoms with Crippen molar-refractivity contribution in [1.29, 1.82) is 0 Å². The third kappa shape index (κ3) is 10.7. The molecule has 1 unspecified atom stereocenters. The van der Waals surface area contributed by atoms with E-state index in [0.717, 1.165) is 50.2 Å². The number of carbonyl (C=O) groups is 3. The van der Waals surface area contributed by atoms with E-state index in [2.05, 4.69) is 11.0 Å². The average molecular weight is 662 g/mol. The van der Waals surface area contributed by atoms with E-state index >= 15 is 0 Å². The fourth-order valence-electron chi connectivity index (χ4n) is 5.34. The molecule has 3 aromatic carbocycles. The zero-order valence-corrected chi connectivity index (χ0v) is 26.2. The van der Waals surface area contributed by atoms with Crippen molar-refractivity contribution in [2.75, 3.05) is 32.8 Å². The summed E-state index contributed by atoms with van der Waals surface area (Å²) in [6, 6.07) is 18.7. The van der Waals surface area contributed by atoms with Crippen LogP contribution in [0.15, 0.2) is 66.7 Å². The lowest BCUT2D eigenvalue weighted by Gasteiger charge is -2.33. The molecule has 2 saturated heterocycles. The predicted octanol–water partition coefficient (Wildman–Crippen LogP) is 4.99. The van der Waals surface area contributed by atoms with Crippen molar-refractivity contribution in [3.05, 3.63) is 99.0 Å². The molecular weight excluding hydrogens is 623 g/mol. The summed E-state index contributed by atoms with van der Waals surface area (Å²) in [5, 5.41) is 28.6. The first-order valence-electron chi connectivity index (χ1n) is 14.5. The molecule has 1 atom stereocenters. The number of ether oxygens (including phenoxy) is 1. The SMILES string of the molecule is O.O=C(O)c1ccc(C(=O)O)cc1.O=C1CCCN1Cc1cccc(OCC(O)CN2CCC(c3ccc(Cl)c(Cl)c3)CC2)c1. The van der Waals surface area contributed by atoms with E-state index in [4.69, 9.17) is 38.2 Å². The predicted molar refractivity (Wildman–Crippen MR) is 171 cm³/mol. The van der Waals surface area contributed by atoms with E-state index in [0.29, 0.717) is 35.5 Å². The molecule has 45 heavy (non-hydrogen) atoms. The second-order valence-corrected chi connectivity index (χ2v) is 11.8. The van der Waals surface area contributed by atoms with Gasteiger partial charge in [0.15, 0.2) is 0 Å². The first kappa shape index (κ1) is 35.8. The van der Waals surface area contributed by atoms with E-state index in [1.165, 1.54) is 29.8 Å². The Bertz CT molecular complexity index is 1410. The molecule has 12 heteroatoms. The number of benzene rings is 3. The molecule has 0 spiro atoms. The molecular formula is C33H38Cl2N2O8. The van der Waals surface area contributed by atoms with Gasteiger partial charge in [-0.3, -0.25) is 4.79 Å². The largest absolute Gasteiger partial charge is 0.491 e. The number of nitrogens with zero attached hydrogens (tertiary/aromatic N) is 2. The van der Waals surface area contributed by atoms with Gasteiger partial charge in [-0.05, 0) is 97.9 Å². The normalized spacial score (nSPS) is 15.9. The minimum absolute atomic E-state index is 0. The van der Waals surface area contributed by atoms with Crippen molar-refractivity contribution in [2.45, 2.75) is 44.2 Å². The third-order valence-corrected chi connectivity index (χ3v) is 8.48. The molecule has 2 aliphatic rings. The van der Waals surface area contributed by atoms with Crippen LogP contribution in [0.25, 0.3) is 0 Å². The number of carboxylic acids is 2. The molecule has 2 fully saturated rings. The highest BCUT2D eigenvalue weighted by atomic mass is 35.5. The Morgan fingerprint density at radius 3 is 2.09 bits per heavy atom. The van der Waals surface area contributed by atoms with Gasteiger partial charge in [-0.15, -0.1) is 0 Å². The first-order valence-corrected chi connectivity index (χ1v) is 15.3. The van der Waals surface area contributed by atoms with Crippen LogP contribution in [0.4, 0.5) is 0 Å². The lowest BCUT2D eigenvalue weighted by molar-refractivity contribution is -0.128. The van der Waals surface area contributed by atoms with Gasteiger partial charge in [0.2, 0.25) is 5.91 Å². The number of carboxylic acid groups (broad SMARTS) is 2. The maximum atomic E-state index is 11.8. The van der Waals surface area contributed by atoms with Crippen LogP contribution in [0, 0.1) is 0 Å². The summed E-state index contributed by atoms with van der Waals surface area (Å²) in [6.45, 7) is 4.15. The molecule has 5 rings (SSSR count). The summed E-state index contributed by atoms with van der Waals surface area (Å²) >= 11 is 12.2. The molecule has 242 valence electrons. The lowest BCUT2D eigenvalue weighted by atomic mass is 9.89. The highest BCUT2D eigenvalue weighted by Crippen LogP contribution is 2.32. The van der Waals surface area contributed by atoms with E-state index in [1.807, 2.05) is 41.3 Å². The number of halogens is 2. The number of β-amino-alcohol motifs (C(OH)–C–C–N with tert-alkyl or cyclic N) is 1. The summed E-state index contributed by atoms with van der Waals surface area (Å²) in [4.78, 5) is 36.7. The molecule has 10 nitrogen and oxygen atoms in total. The Morgan fingerprint density at radius 1 is 0.889 bits per heavy atom. The van der Waals surface area contributed by atoms with Crippen molar-refractivity contribution in [1.82, 2.24) is 9.80 Å². The van der Waals surface area contributed by atoms with Gasteiger partial charge >= 0.3 is 11.9 Å². The quantitative estimate of drug-likeness (QED) is 0.274. The summed E-state index contributed by atoms with van der Waals surface area (Å²) in [5.74, 6) is -0.709.